The first-order chi connectivity index (χ1) is 9.94. The van der Waals surface area contributed by atoms with Gasteiger partial charge in [0.2, 0.25) is 0 Å². The van der Waals surface area contributed by atoms with Crippen LogP contribution in [-0.2, 0) is 9.84 Å². The minimum absolute atomic E-state index is 0.121. The molecule has 1 unspecified atom stereocenters. The van der Waals surface area contributed by atoms with E-state index in [9.17, 15) is 8.42 Å². The molecule has 0 aromatic heterocycles. The van der Waals surface area contributed by atoms with Crippen molar-refractivity contribution in [2.24, 2.45) is 5.73 Å². The first kappa shape index (κ1) is 15.5. The van der Waals surface area contributed by atoms with Gasteiger partial charge in [0.15, 0.2) is 9.84 Å². The summed E-state index contributed by atoms with van der Waals surface area (Å²) < 4.78 is 29.8. The fraction of sp³-hybridized carbons (Fsp3) is 0.250. The van der Waals surface area contributed by atoms with Crippen LogP contribution in [0.5, 0.6) is 5.75 Å². The summed E-state index contributed by atoms with van der Waals surface area (Å²) in [6.45, 7) is 1.93. The number of nitrogens with two attached hydrogens (primary N) is 1. The van der Waals surface area contributed by atoms with Crippen LogP contribution in [-0.4, -0.2) is 21.3 Å². The van der Waals surface area contributed by atoms with Gasteiger partial charge in [-0.15, -0.1) is 0 Å². The van der Waals surface area contributed by atoms with Crippen LogP contribution in [0.3, 0.4) is 0 Å². The van der Waals surface area contributed by atoms with Crippen molar-refractivity contribution in [3.05, 3.63) is 59.7 Å². The predicted molar refractivity (Wildman–Crippen MR) is 83.2 cm³/mol. The molecule has 2 rings (SSSR count). The van der Waals surface area contributed by atoms with Crippen LogP contribution in [0.15, 0.2) is 53.4 Å². The summed E-state index contributed by atoms with van der Waals surface area (Å²) in [5.41, 5.74) is 7.92. The van der Waals surface area contributed by atoms with E-state index in [2.05, 4.69) is 0 Å². The van der Waals surface area contributed by atoms with Crippen LogP contribution in [0.2, 0.25) is 0 Å². The van der Waals surface area contributed by atoms with Crippen LogP contribution in [0, 0.1) is 6.92 Å². The van der Waals surface area contributed by atoms with E-state index in [0.717, 1.165) is 11.1 Å². The van der Waals surface area contributed by atoms with Gasteiger partial charge in [0, 0.05) is 6.04 Å². The molecule has 0 aliphatic carbocycles. The largest absolute Gasteiger partial charge is 0.497 e. The van der Waals surface area contributed by atoms with Gasteiger partial charge in [-0.2, -0.15) is 0 Å². The smallest absolute Gasteiger partial charge is 0.180 e. The average molecular weight is 305 g/mol. The summed E-state index contributed by atoms with van der Waals surface area (Å²) in [4.78, 5) is 0.257. The molecule has 0 heterocycles. The topological polar surface area (TPSA) is 69.4 Å². The fourth-order valence-electron chi connectivity index (χ4n) is 2.21. The first-order valence-electron chi connectivity index (χ1n) is 6.62. The number of rotatable bonds is 5. The molecule has 0 fully saturated rings. The molecule has 2 aromatic rings. The second-order valence-corrected chi connectivity index (χ2v) is 6.95. The molecule has 21 heavy (non-hydrogen) atoms. The second kappa shape index (κ2) is 6.28. The molecular weight excluding hydrogens is 286 g/mol. The zero-order valence-corrected chi connectivity index (χ0v) is 12.9. The lowest BCUT2D eigenvalue weighted by Gasteiger charge is -2.15. The summed E-state index contributed by atoms with van der Waals surface area (Å²) >= 11 is 0. The Balaban J connectivity index is 2.22. The third-order valence-electron chi connectivity index (χ3n) is 3.41. The van der Waals surface area contributed by atoms with Crippen molar-refractivity contribution in [3.63, 3.8) is 0 Å². The lowest BCUT2D eigenvalue weighted by Crippen LogP contribution is -2.22. The van der Waals surface area contributed by atoms with Crippen LogP contribution in [0.25, 0.3) is 0 Å². The Labute approximate surface area is 125 Å². The number of sulfone groups is 1. The van der Waals surface area contributed by atoms with Gasteiger partial charge in [0.05, 0.1) is 17.8 Å². The molecule has 112 valence electrons. The maximum Gasteiger partial charge on any atom is 0.180 e. The van der Waals surface area contributed by atoms with Gasteiger partial charge in [0.25, 0.3) is 0 Å². The van der Waals surface area contributed by atoms with Crippen molar-refractivity contribution in [2.75, 3.05) is 12.9 Å². The van der Waals surface area contributed by atoms with Crippen molar-refractivity contribution in [1.82, 2.24) is 0 Å². The quantitative estimate of drug-likeness (QED) is 0.921. The number of ether oxygens (including phenoxy) is 1. The van der Waals surface area contributed by atoms with Gasteiger partial charge in [-0.25, -0.2) is 8.42 Å². The number of hydrogen-bond donors (Lipinski definition) is 1. The Morgan fingerprint density at radius 1 is 1.10 bits per heavy atom. The molecule has 2 aromatic carbocycles. The Kier molecular flexibility index (Phi) is 4.65. The van der Waals surface area contributed by atoms with Crippen LogP contribution >= 0.6 is 0 Å². The summed E-state index contributed by atoms with van der Waals surface area (Å²) in [7, 11) is -1.89. The zero-order chi connectivity index (χ0) is 15.5. The monoisotopic (exact) mass is 305 g/mol. The lowest BCUT2D eigenvalue weighted by atomic mass is 10.0. The third-order valence-corrected chi connectivity index (χ3v) is 5.19. The van der Waals surface area contributed by atoms with Gasteiger partial charge in [0.1, 0.15) is 5.75 Å². The maximum absolute atomic E-state index is 12.4. The van der Waals surface area contributed by atoms with E-state index in [1.54, 1.807) is 24.3 Å². The van der Waals surface area contributed by atoms with Gasteiger partial charge in [-0.1, -0.05) is 24.3 Å². The third kappa shape index (κ3) is 3.62. The molecule has 5 heteroatoms. The van der Waals surface area contributed by atoms with Crippen LogP contribution < -0.4 is 10.5 Å². The van der Waals surface area contributed by atoms with E-state index in [-0.39, 0.29) is 10.6 Å². The molecule has 0 spiro atoms. The van der Waals surface area contributed by atoms with E-state index in [1.165, 1.54) is 7.11 Å². The van der Waals surface area contributed by atoms with E-state index >= 15 is 0 Å². The Morgan fingerprint density at radius 2 is 1.71 bits per heavy atom. The summed E-state index contributed by atoms with van der Waals surface area (Å²) in [6.07, 6.45) is 0. The number of benzene rings is 2. The Morgan fingerprint density at radius 3 is 2.29 bits per heavy atom. The second-order valence-electron chi connectivity index (χ2n) is 4.92. The molecule has 2 N–H and O–H groups in total. The highest BCUT2D eigenvalue weighted by atomic mass is 32.2. The molecule has 0 saturated heterocycles. The molecular formula is C16H19NO3S. The maximum atomic E-state index is 12.4. The summed E-state index contributed by atoms with van der Waals surface area (Å²) in [6, 6.07) is 13.4. The fourth-order valence-corrected chi connectivity index (χ4v) is 3.60. The Bertz CT molecular complexity index is 709. The van der Waals surface area contributed by atoms with Gasteiger partial charge in [-0.3, -0.25) is 0 Å². The van der Waals surface area contributed by atoms with Gasteiger partial charge in [-0.05, 0) is 42.3 Å². The van der Waals surface area contributed by atoms with Crippen LogP contribution in [0.4, 0.5) is 0 Å². The SMILES string of the molecule is COc1ccc(S(=O)(=O)CC(N)c2ccccc2C)cc1. The van der Waals surface area contributed by atoms with Crippen molar-refractivity contribution in [3.8, 4) is 5.75 Å². The molecule has 0 radical (unpaired) electrons. The van der Waals surface area contributed by atoms with E-state index in [4.69, 9.17) is 10.5 Å². The molecule has 0 aliphatic heterocycles. The van der Waals surface area contributed by atoms with Crippen molar-refractivity contribution in [1.29, 1.82) is 0 Å². The highest BCUT2D eigenvalue weighted by molar-refractivity contribution is 7.91. The zero-order valence-electron chi connectivity index (χ0n) is 12.1. The molecule has 0 aliphatic rings. The van der Waals surface area contributed by atoms with Gasteiger partial charge < -0.3 is 10.5 Å². The minimum atomic E-state index is -3.43. The number of hydrogen-bond acceptors (Lipinski definition) is 4. The first-order valence-corrected chi connectivity index (χ1v) is 8.27. The normalized spacial score (nSPS) is 12.9. The van der Waals surface area contributed by atoms with Crippen molar-refractivity contribution >= 4 is 9.84 Å². The van der Waals surface area contributed by atoms with E-state index in [1.807, 2.05) is 31.2 Å². The predicted octanol–water partition coefficient (Wildman–Crippen LogP) is 2.48. The standard InChI is InChI=1S/C16H19NO3S/c1-12-5-3-4-6-15(12)16(17)11-21(18,19)14-9-7-13(20-2)8-10-14/h3-10,16H,11,17H2,1-2H3. The van der Waals surface area contributed by atoms with Crippen molar-refractivity contribution < 1.29 is 13.2 Å². The highest BCUT2D eigenvalue weighted by Crippen LogP contribution is 2.22. The minimum Gasteiger partial charge on any atom is -0.497 e. The van der Waals surface area contributed by atoms with Gasteiger partial charge >= 0.3 is 0 Å². The summed E-state index contributed by atoms with van der Waals surface area (Å²) in [5, 5.41) is 0. The molecule has 4 nitrogen and oxygen atoms in total. The highest BCUT2D eigenvalue weighted by Gasteiger charge is 2.20. The van der Waals surface area contributed by atoms with Crippen molar-refractivity contribution in [2.45, 2.75) is 17.9 Å². The lowest BCUT2D eigenvalue weighted by molar-refractivity contribution is 0.414. The van der Waals surface area contributed by atoms with E-state index in [0.29, 0.717) is 5.75 Å². The molecule has 0 bridgehead atoms. The molecule has 0 amide bonds. The molecule has 0 saturated carbocycles. The number of aryl methyl sites for hydroxylation is 1. The summed E-state index contributed by atoms with van der Waals surface area (Å²) in [5.74, 6) is 0.502. The molecule has 1 atom stereocenters. The van der Waals surface area contributed by atoms with Crippen LogP contribution in [0.1, 0.15) is 17.2 Å². The van der Waals surface area contributed by atoms with E-state index < -0.39 is 15.9 Å². The average Bonchev–Trinajstić information content (AvgIpc) is 2.47. The number of methoxy groups -OCH3 is 1. The Hall–Kier alpha value is -1.85.